The van der Waals surface area contributed by atoms with Crippen molar-refractivity contribution in [1.29, 1.82) is 0 Å². The first-order valence-corrected chi connectivity index (χ1v) is 11.5. The third-order valence-electron chi connectivity index (χ3n) is 4.96. The van der Waals surface area contributed by atoms with E-state index in [0.29, 0.717) is 10.9 Å². The fourth-order valence-electron chi connectivity index (χ4n) is 3.29. The molecule has 0 atom stereocenters. The predicted molar refractivity (Wildman–Crippen MR) is 113 cm³/mol. The minimum absolute atomic E-state index is 0.183. The van der Waals surface area contributed by atoms with Crippen LogP contribution < -0.4 is 5.56 Å². The zero-order valence-electron chi connectivity index (χ0n) is 15.8. The van der Waals surface area contributed by atoms with Gasteiger partial charge in [-0.25, -0.2) is 13.1 Å². The van der Waals surface area contributed by atoms with Gasteiger partial charge in [-0.2, -0.15) is 4.31 Å². The largest absolute Gasteiger partial charge is 0.338 e. The smallest absolute Gasteiger partial charge is 0.278 e. The maximum atomic E-state index is 12.8. The van der Waals surface area contributed by atoms with Gasteiger partial charge < -0.3 is 4.90 Å². The van der Waals surface area contributed by atoms with Gasteiger partial charge in [0.2, 0.25) is 15.9 Å². The molecule has 0 radical (unpaired) electrons. The van der Waals surface area contributed by atoms with Crippen molar-refractivity contribution in [1.82, 2.24) is 24.2 Å². The zero-order chi connectivity index (χ0) is 21.3. The highest BCUT2D eigenvalue weighted by atomic mass is 79.9. The summed E-state index contributed by atoms with van der Waals surface area (Å²) in [7, 11) is -3.62. The van der Waals surface area contributed by atoms with Crippen molar-refractivity contribution in [3.05, 3.63) is 63.4 Å². The number of aromatic nitrogens is 3. The normalized spacial score (nSPS) is 15.4. The summed E-state index contributed by atoms with van der Waals surface area (Å²) in [5.41, 5.74) is 0.0864. The first-order chi connectivity index (χ1) is 14.4. The summed E-state index contributed by atoms with van der Waals surface area (Å²) in [6.45, 7) is 0.607. The number of carbonyl (C=O) groups is 1. The number of nitrogens with zero attached hydrogens (tertiary/aromatic N) is 5. The number of sulfonamides is 1. The molecule has 4 rings (SSSR count). The van der Waals surface area contributed by atoms with Crippen molar-refractivity contribution in [2.75, 3.05) is 26.2 Å². The summed E-state index contributed by atoms with van der Waals surface area (Å²) in [5.74, 6) is -0.303. The molecule has 2 heterocycles. The van der Waals surface area contributed by atoms with Crippen molar-refractivity contribution in [3.8, 4) is 0 Å². The molecule has 0 N–H and O–H groups in total. The van der Waals surface area contributed by atoms with Crippen LogP contribution in [0, 0.1) is 0 Å². The molecule has 0 aliphatic carbocycles. The van der Waals surface area contributed by atoms with Gasteiger partial charge in [-0.15, -0.1) is 5.10 Å². The van der Waals surface area contributed by atoms with Gasteiger partial charge in [0, 0.05) is 30.7 Å². The number of hydrogen-bond donors (Lipinski definition) is 0. The van der Waals surface area contributed by atoms with E-state index in [9.17, 15) is 18.0 Å². The Morgan fingerprint density at radius 2 is 1.67 bits per heavy atom. The Labute approximate surface area is 181 Å². The van der Waals surface area contributed by atoms with Crippen molar-refractivity contribution in [2.24, 2.45) is 0 Å². The maximum absolute atomic E-state index is 12.8. The molecule has 1 aliphatic rings. The minimum Gasteiger partial charge on any atom is -0.338 e. The Hall–Kier alpha value is -2.63. The number of carbonyl (C=O) groups excluding carboxylic acids is 1. The number of halogens is 1. The first-order valence-electron chi connectivity index (χ1n) is 9.22. The second kappa shape index (κ2) is 8.25. The van der Waals surface area contributed by atoms with Crippen LogP contribution in [0.4, 0.5) is 0 Å². The van der Waals surface area contributed by atoms with Crippen LogP contribution in [0.5, 0.6) is 0 Å². The third-order valence-corrected chi connectivity index (χ3v) is 7.40. The lowest BCUT2D eigenvalue weighted by Crippen LogP contribution is -2.51. The fraction of sp³-hybridized carbons (Fsp3) is 0.263. The molecule has 9 nitrogen and oxygen atoms in total. The van der Waals surface area contributed by atoms with E-state index in [1.807, 2.05) is 0 Å². The number of rotatable bonds is 4. The molecule has 0 spiro atoms. The number of benzene rings is 2. The fourth-order valence-corrected chi connectivity index (χ4v) is 4.98. The predicted octanol–water partition coefficient (Wildman–Crippen LogP) is 1.09. The summed E-state index contributed by atoms with van der Waals surface area (Å²) in [5, 5.41) is 8.21. The number of fused-ring (bicyclic) bond motifs is 1. The van der Waals surface area contributed by atoms with E-state index in [1.165, 1.54) is 9.21 Å². The number of amides is 1. The lowest BCUT2D eigenvalue weighted by molar-refractivity contribution is -0.133. The summed E-state index contributed by atoms with van der Waals surface area (Å²) < 4.78 is 28.8. The van der Waals surface area contributed by atoms with Crippen LogP contribution in [0.25, 0.3) is 10.9 Å². The maximum Gasteiger partial charge on any atom is 0.278 e. The standard InChI is InChI=1S/C19H18BrN5O4S/c20-14-5-7-15(8-6-14)30(28,29)24-11-9-23(10-12-24)18(26)13-25-19(27)16-3-1-2-4-17(16)21-22-25/h1-8H,9-13H2. The zero-order valence-corrected chi connectivity index (χ0v) is 18.2. The topological polar surface area (TPSA) is 105 Å². The molecule has 0 bridgehead atoms. The van der Waals surface area contributed by atoms with Crippen LogP contribution in [-0.2, 0) is 21.4 Å². The second-order valence-electron chi connectivity index (χ2n) is 6.81. The molecule has 1 aliphatic heterocycles. The summed E-state index contributed by atoms with van der Waals surface area (Å²) in [4.78, 5) is 26.9. The lowest BCUT2D eigenvalue weighted by Gasteiger charge is -2.34. The van der Waals surface area contributed by atoms with Crippen molar-refractivity contribution in [2.45, 2.75) is 11.4 Å². The molecule has 3 aromatic rings. The minimum atomic E-state index is -3.62. The van der Waals surface area contributed by atoms with Crippen LogP contribution in [0.2, 0.25) is 0 Å². The molecule has 0 saturated carbocycles. The quantitative estimate of drug-likeness (QED) is 0.540. The molecule has 1 fully saturated rings. The first kappa shape index (κ1) is 20.6. The van der Waals surface area contributed by atoms with E-state index in [4.69, 9.17) is 0 Å². The Bertz CT molecular complexity index is 1250. The second-order valence-corrected chi connectivity index (χ2v) is 9.66. The van der Waals surface area contributed by atoms with E-state index in [1.54, 1.807) is 48.5 Å². The van der Waals surface area contributed by atoms with Gasteiger partial charge in [-0.1, -0.05) is 33.3 Å². The van der Waals surface area contributed by atoms with Crippen LogP contribution in [0.1, 0.15) is 0 Å². The van der Waals surface area contributed by atoms with Crippen LogP contribution >= 0.6 is 15.9 Å². The average molecular weight is 492 g/mol. The number of piperazine rings is 1. The monoisotopic (exact) mass is 491 g/mol. The Morgan fingerprint density at radius 1 is 1.00 bits per heavy atom. The molecule has 0 unspecified atom stereocenters. The Balaban J connectivity index is 1.43. The Morgan fingerprint density at radius 3 is 2.37 bits per heavy atom. The van der Waals surface area contributed by atoms with Gasteiger partial charge in [-0.3, -0.25) is 9.59 Å². The number of hydrogen-bond acceptors (Lipinski definition) is 6. The van der Waals surface area contributed by atoms with Gasteiger partial charge in [-0.05, 0) is 36.4 Å². The van der Waals surface area contributed by atoms with E-state index in [0.717, 1.165) is 9.15 Å². The molecule has 30 heavy (non-hydrogen) atoms. The Kier molecular flexibility index (Phi) is 5.67. The van der Waals surface area contributed by atoms with E-state index < -0.39 is 10.0 Å². The molecule has 1 saturated heterocycles. The molecular weight excluding hydrogens is 474 g/mol. The summed E-state index contributed by atoms with van der Waals surface area (Å²) >= 11 is 3.29. The highest BCUT2D eigenvalue weighted by Gasteiger charge is 2.30. The van der Waals surface area contributed by atoms with Gasteiger partial charge in [0.15, 0.2) is 0 Å². The van der Waals surface area contributed by atoms with Gasteiger partial charge in [0.05, 0.1) is 10.3 Å². The van der Waals surface area contributed by atoms with E-state index >= 15 is 0 Å². The summed E-state index contributed by atoms with van der Waals surface area (Å²) in [6, 6.07) is 13.2. The molecule has 1 amide bonds. The SMILES string of the molecule is O=C(Cn1nnc2ccccc2c1=O)N1CCN(S(=O)(=O)c2ccc(Br)cc2)CC1. The molecule has 156 valence electrons. The summed E-state index contributed by atoms with van der Waals surface area (Å²) in [6.07, 6.45) is 0. The average Bonchev–Trinajstić information content (AvgIpc) is 2.76. The molecule has 11 heteroatoms. The highest BCUT2D eigenvalue weighted by molar-refractivity contribution is 9.10. The lowest BCUT2D eigenvalue weighted by atomic mass is 10.2. The van der Waals surface area contributed by atoms with Crippen LogP contribution in [0.3, 0.4) is 0 Å². The highest BCUT2D eigenvalue weighted by Crippen LogP contribution is 2.20. The van der Waals surface area contributed by atoms with Crippen molar-refractivity contribution >= 4 is 42.8 Å². The van der Waals surface area contributed by atoms with Crippen molar-refractivity contribution < 1.29 is 13.2 Å². The van der Waals surface area contributed by atoms with Gasteiger partial charge in [0.25, 0.3) is 5.56 Å². The molecule has 1 aromatic heterocycles. The van der Waals surface area contributed by atoms with Crippen LogP contribution in [-0.4, -0.2) is 64.7 Å². The van der Waals surface area contributed by atoms with E-state index in [2.05, 4.69) is 26.2 Å². The third kappa shape index (κ3) is 4.00. The van der Waals surface area contributed by atoms with Gasteiger partial charge >= 0.3 is 0 Å². The van der Waals surface area contributed by atoms with Gasteiger partial charge in [0.1, 0.15) is 12.1 Å². The van der Waals surface area contributed by atoms with Crippen molar-refractivity contribution in [3.63, 3.8) is 0 Å². The molecular formula is C19H18BrN5O4S. The van der Waals surface area contributed by atoms with E-state index in [-0.39, 0.29) is 49.1 Å². The van der Waals surface area contributed by atoms with Crippen LogP contribution in [0.15, 0.2) is 62.7 Å². The molecule has 2 aromatic carbocycles.